The van der Waals surface area contributed by atoms with Crippen LogP contribution in [0.25, 0.3) is 0 Å². The van der Waals surface area contributed by atoms with E-state index in [0.29, 0.717) is 0 Å². The highest BCUT2D eigenvalue weighted by atomic mass is 35.5. The summed E-state index contributed by atoms with van der Waals surface area (Å²) in [6, 6.07) is 8.81. The van der Waals surface area contributed by atoms with Crippen molar-refractivity contribution in [3.63, 3.8) is 0 Å². The molecule has 0 radical (unpaired) electrons. The molecule has 0 saturated heterocycles. The fourth-order valence-corrected chi connectivity index (χ4v) is 2.83. The number of nitrogens with one attached hydrogen (secondary N) is 2. The summed E-state index contributed by atoms with van der Waals surface area (Å²) < 4.78 is 44.0. The number of rotatable bonds is 6. The van der Waals surface area contributed by atoms with Crippen LogP contribution in [0.2, 0.25) is 5.02 Å². The third-order valence-corrected chi connectivity index (χ3v) is 4.84. The number of hydrogen-bond donors (Lipinski definition) is 2. The molecule has 0 bridgehead atoms. The van der Waals surface area contributed by atoms with Gasteiger partial charge >= 0.3 is 5.97 Å². The zero-order valence-corrected chi connectivity index (χ0v) is 15.0. The molecule has 2 rings (SSSR count). The van der Waals surface area contributed by atoms with Gasteiger partial charge < -0.3 is 10.1 Å². The van der Waals surface area contributed by atoms with Crippen molar-refractivity contribution in [3.8, 4) is 0 Å². The number of ether oxygens (including phenoxy) is 1. The first kappa shape index (κ1) is 19.8. The quantitative estimate of drug-likeness (QED) is 0.724. The monoisotopic (exact) mass is 400 g/mol. The summed E-state index contributed by atoms with van der Waals surface area (Å²) in [5, 5.41) is 2.40. The molecule has 0 unspecified atom stereocenters. The van der Waals surface area contributed by atoms with Crippen LogP contribution in [0.5, 0.6) is 0 Å². The molecule has 0 spiro atoms. The van der Waals surface area contributed by atoms with E-state index in [9.17, 15) is 22.4 Å². The SMILES string of the molecule is CNS(=O)(=O)c1cccc(C(=O)OCC(=O)Nc2ccc(Cl)cc2F)c1. The van der Waals surface area contributed by atoms with Gasteiger partial charge in [-0.15, -0.1) is 0 Å². The van der Waals surface area contributed by atoms with Crippen LogP contribution in [0.1, 0.15) is 10.4 Å². The number of carbonyl (C=O) groups is 2. The molecule has 0 aliphatic carbocycles. The number of amides is 1. The van der Waals surface area contributed by atoms with Crippen LogP contribution in [0.3, 0.4) is 0 Å². The number of anilines is 1. The van der Waals surface area contributed by atoms with Crippen LogP contribution < -0.4 is 10.0 Å². The first-order chi connectivity index (χ1) is 12.2. The zero-order valence-electron chi connectivity index (χ0n) is 13.5. The van der Waals surface area contributed by atoms with Gasteiger partial charge in [0.15, 0.2) is 6.61 Å². The standard InChI is InChI=1S/C16H14ClFN2O5S/c1-19-26(23,24)12-4-2-3-10(7-12)16(22)25-9-15(21)20-14-6-5-11(17)8-13(14)18/h2-8,19H,9H2,1H3,(H,20,21). The number of hydrogen-bond acceptors (Lipinski definition) is 5. The summed E-state index contributed by atoms with van der Waals surface area (Å²) in [4.78, 5) is 23.6. The average molecular weight is 401 g/mol. The summed E-state index contributed by atoms with van der Waals surface area (Å²) in [5.41, 5.74) is -0.163. The topological polar surface area (TPSA) is 102 Å². The number of esters is 1. The molecule has 2 aromatic carbocycles. The van der Waals surface area contributed by atoms with Gasteiger partial charge in [0.05, 0.1) is 16.1 Å². The largest absolute Gasteiger partial charge is 0.452 e. The summed E-state index contributed by atoms with van der Waals surface area (Å²) in [5.74, 6) is -2.40. The van der Waals surface area contributed by atoms with Gasteiger partial charge in [-0.05, 0) is 43.4 Å². The van der Waals surface area contributed by atoms with Crippen LogP contribution in [0.4, 0.5) is 10.1 Å². The average Bonchev–Trinajstić information content (AvgIpc) is 2.62. The van der Waals surface area contributed by atoms with Crippen LogP contribution in [0.15, 0.2) is 47.4 Å². The van der Waals surface area contributed by atoms with Gasteiger partial charge in [-0.25, -0.2) is 22.3 Å². The van der Waals surface area contributed by atoms with Gasteiger partial charge in [0.2, 0.25) is 10.0 Å². The molecular weight excluding hydrogens is 387 g/mol. The second kappa shape index (κ2) is 8.26. The molecule has 1 amide bonds. The van der Waals surface area contributed by atoms with E-state index >= 15 is 0 Å². The molecule has 0 heterocycles. The van der Waals surface area contributed by atoms with Crippen molar-refractivity contribution >= 4 is 39.2 Å². The van der Waals surface area contributed by atoms with Gasteiger partial charge in [0, 0.05) is 5.02 Å². The Balaban J connectivity index is 2.00. The van der Waals surface area contributed by atoms with Gasteiger partial charge in [0.25, 0.3) is 5.91 Å². The molecule has 138 valence electrons. The van der Waals surface area contributed by atoms with E-state index in [1.165, 1.54) is 37.4 Å². The molecule has 0 fully saturated rings. The molecule has 7 nitrogen and oxygen atoms in total. The maximum atomic E-state index is 13.6. The Morgan fingerprint density at radius 1 is 1.19 bits per heavy atom. The number of benzene rings is 2. The van der Waals surface area contributed by atoms with Crippen molar-refractivity contribution < 1.29 is 27.1 Å². The third kappa shape index (κ3) is 5.01. The molecule has 0 aromatic heterocycles. The van der Waals surface area contributed by atoms with Gasteiger partial charge in [-0.2, -0.15) is 0 Å². The van der Waals surface area contributed by atoms with E-state index < -0.39 is 34.3 Å². The smallest absolute Gasteiger partial charge is 0.338 e. The second-order valence-corrected chi connectivity index (χ2v) is 7.31. The van der Waals surface area contributed by atoms with E-state index in [2.05, 4.69) is 10.0 Å². The summed E-state index contributed by atoms with van der Waals surface area (Å²) >= 11 is 5.61. The van der Waals surface area contributed by atoms with E-state index in [1.807, 2.05) is 0 Å². The lowest BCUT2D eigenvalue weighted by molar-refractivity contribution is -0.119. The van der Waals surface area contributed by atoms with E-state index in [-0.39, 0.29) is 21.2 Å². The predicted molar refractivity (Wildman–Crippen MR) is 93.0 cm³/mol. The van der Waals surface area contributed by atoms with Crippen LogP contribution in [-0.4, -0.2) is 33.9 Å². The van der Waals surface area contributed by atoms with Crippen molar-refractivity contribution in [3.05, 3.63) is 58.9 Å². The minimum atomic E-state index is -3.72. The molecule has 2 aromatic rings. The Hall–Kier alpha value is -2.49. The van der Waals surface area contributed by atoms with Crippen LogP contribution in [0, 0.1) is 5.82 Å². The Kier molecular flexibility index (Phi) is 6.30. The van der Waals surface area contributed by atoms with Crippen molar-refractivity contribution in [2.45, 2.75) is 4.90 Å². The molecule has 0 aliphatic heterocycles. The summed E-state index contributed by atoms with van der Waals surface area (Å²) in [6.45, 7) is -0.677. The molecule has 0 atom stereocenters. The van der Waals surface area contributed by atoms with Crippen molar-refractivity contribution in [1.82, 2.24) is 4.72 Å². The zero-order chi connectivity index (χ0) is 19.3. The summed E-state index contributed by atoms with van der Waals surface area (Å²) in [7, 11) is -2.49. The lowest BCUT2D eigenvalue weighted by Crippen LogP contribution is -2.22. The maximum absolute atomic E-state index is 13.6. The fourth-order valence-electron chi connectivity index (χ4n) is 1.90. The molecular formula is C16H14ClFN2O5S. The van der Waals surface area contributed by atoms with Crippen LogP contribution >= 0.6 is 11.6 Å². The van der Waals surface area contributed by atoms with Crippen molar-refractivity contribution in [2.24, 2.45) is 0 Å². The van der Waals surface area contributed by atoms with Crippen molar-refractivity contribution in [1.29, 1.82) is 0 Å². The highest BCUT2D eigenvalue weighted by Crippen LogP contribution is 2.18. The van der Waals surface area contributed by atoms with E-state index in [4.69, 9.17) is 16.3 Å². The Bertz CT molecular complexity index is 949. The Morgan fingerprint density at radius 3 is 2.58 bits per heavy atom. The highest BCUT2D eigenvalue weighted by molar-refractivity contribution is 7.89. The molecule has 0 aliphatic rings. The maximum Gasteiger partial charge on any atom is 0.338 e. The third-order valence-electron chi connectivity index (χ3n) is 3.19. The minimum Gasteiger partial charge on any atom is -0.452 e. The molecule has 10 heteroatoms. The molecule has 0 saturated carbocycles. The molecule has 26 heavy (non-hydrogen) atoms. The van der Waals surface area contributed by atoms with E-state index in [0.717, 1.165) is 12.1 Å². The summed E-state index contributed by atoms with van der Waals surface area (Å²) in [6.07, 6.45) is 0. The van der Waals surface area contributed by atoms with Gasteiger partial charge in [-0.1, -0.05) is 17.7 Å². The first-order valence-electron chi connectivity index (χ1n) is 7.18. The fraction of sp³-hybridized carbons (Fsp3) is 0.125. The number of halogens is 2. The number of sulfonamides is 1. The van der Waals surface area contributed by atoms with Crippen LogP contribution in [-0.2, 0) is 19.6 Å². The van der Waals surface area contributed by atoms with E-state index in [1.54, 1.807) is 0 Å². The highest BCUT2D eigenvalue weighted by Gasteiger charge is 2.16. The second-order valence-electron chi connectivity index (χ2n) is 4.98. The lowest BCUT2D eigenvalue weighted by Gasteiger charge is -2.08. The molecule has 2 N–H and O–H groups in total. The first-order valence-corrected chi connectivity index (χ1v) is 9.04. The normalized spacial score (nSPS) is 11.0. The number of carbonyl (C=O) groups excluding carboxylic acids is 2. The Morgan fingerprint density at radius 2 is 1.92 bits per heavy atom. The van der Waals surface area contributed by atoms with Gasteiger partial charge in [-0.3, -0.25) is 4.79 Å². The van der Waals surface area contributed by atoms with Gasteiger partial charge in [0.1, 0.15) is 5.82 Å². The predicted octanol–water partition coefficient (Wildman–Crippen LogP) is 2.18. The minimum absolute atomic E-state index is 0.0493. The Labute approximate surface area is 154 Å². The lowest BCUT2D eigenvalue weighted by atomic mass is 10.2. The van der Waals surface area contributed by atoms with Crippen molar-refractivity contribution in [2.75, 3.05) is 19.0 Å².